The van der Waals surface area contributed by atoms with Crippen molar-refractivity contribution < 1.29 is 24.2 Å². The maximum absolute atomic E-state index is 11.2. The standard InChI is InChI=1S/C17H21N5O5/c18-14-8-22(20-15(14)16(19)23)12-3-1-11(2-4-12)9-26-10-13-7-21(17(24)25)5-6-27-13/h1-4,8,13H,5-7,9-10,18H2,(H2,19,23)(H,24,25). The Morgan fingerprint density at radius 3 is 2.70 bits per heavy atom. The van der Waals surface area contributed by atoms with Crippen molar-refractivity contribution in [1.29, 1.82) is 0 Å². The number of aromatic nitrogens is 2. The van der Waals surface area contributed by atoms with E-state index in [1.807, 2.05) is 24.3 Å². The van der Waals surface area contributed by atoms with Crippen molar-refractivity contribution in [3.63, 3.8) is 0 Å². The van der Waals surface area contributed by atoms with Crippen molar-refractivity contribution in [1.82, 2.24) is 14.7 Å². The number of nitrogens with zero attached hydrogens (tertiary/aromatic N) is 3. The van der Waals surface area contributed by atoms with E-state index < -0.39 is 12.0 Å². The summed E-state index contributed by atoms with van der Waals surface area (Å²) in [5, 5.41) is 13.1. The van der Waals surface area contributed by atoms with Crippen LogP contribution in [0.15, 0.2) is 30.5 Å². The molecule has 3 rings (SSSR count). The molecule has 144 valence electrons. The molecule has 2 heterocycles. The molecule has 1 aromatic carbocycles. The van der Waals surface area contributed by atoms with Crippen LogP contribution in [0.25, 0.3) is 5.69 Å². The van der Waals surface area contributed by atoms with Crippen molar-refractivity contribution in [2.45, 2.75) is 12.7 Å². The number of hydrogen-bond donors (Lipinski definition) is 3. The van der Waals surface area contributed by atoms with Gasteiger partial charge in [0.1, 0.15) is 0 Å². The Balaban J connectivity index is 1.53. The molecule has 0 aliphatic carbocycles. The molecule has 0 spiro atoms. The first-order valence-electron chi connectivity index (χ1n) is 8.35. The lowest BCUT2D eigenvalue weighted by Gasteiger charge is -2.30. The summed E-state index contributed by atoms with van der Waals surface area (Å²) in [4.78, 5) is 23.5. The highest BCUT2D eigenvalue weighted by atomic mass is 16.5. The summed E-state index contributed by atoms with van der Waals surface area (Å²) in [6.45, 7) is 1.72. The van der Waals surface area contributed by atoms with Gasteiger partial charge in [-0.15, -0.1) is 0 Å². The van der Waals surface area contributed by atoms with Gasteiger partial charge in [0.05, 0.1) is 50.0 Å². The number of amides is 2. The van der Waals surface area contributed by atoms with Gasteiger partial charge in [0.15, 0.2) is 5.69 Å². The van der Waals surface area contributed by atoms with Crippen molar-refractivity contribution in [3.8, 4) is 5.69 Å². The molecule has 10 heteroatoms. The summed E-state index contributed by atoms with van der Waals surface area (Å²) in [7, 11) is 0. The topological polar surface area (TPSA) is 146 Å². The average Bonchev–Trinajstić information content (AvgIpc) is 3.04. The minimum absolute atomic E-state index is 0.0327. The molecule has 5 N–H and O–H groups in total. The van der Waals surface area contributed by atoms with Crippen LogP contribution in [-0.4, -0.2) is 64.2 Å². The van der Waals surface area contributed by atoms with E-state index in [0.717, 1.165) is 11.3 Å². The van der Waals surface area contributed by atoms with Crippen LogP contribution in [0.3, 0.4) is 0 Å². The summed E-state index contributed by atoms with van der Waals surface area (Å²) in [6, 6.07) is 7.36. The van der Waals surface area contributed by atoms with Gasteiger partial charge in [0, 0.05) is 6.54 Å². The van der Waals surface area contributed by atoms with E-state index in [-0.39, 0.29) is 17.5 Å². The van der Waals surface area contributed by atoms with Gasteiger partial charge in [-0.25, -0.2) is 9.48 Å². The quantitative estimate of drug-likeness (QED) is 0.664. The van der Waals surface area contributed by atoms with E-state index in [0.29, 0.717) is 32.9 Å². The van der Waals surface area contributed by atoms with Gasteiger partial charge in [-0.05, 0) is 17.7 Å². The molecule has 10 nitrogen and oxygen atoms in total. The maximum atomic E-state index is 11.2. The molecule has 2 amide bonds. The van der Waals surface area contributed by atoms with Crippen molar-refractivity contribution >= 4 is 17.7 Å². The molecule has 1 aliphatic heterocycles. The zero-order valence-electron chi connectivity index (χ0n) is 14.6. The van der Waals surface area contributed by atoms with E-state index >= 15 is 0 Å². The van der Waals surface area contributed by atoms with Crippen LogP contribution < -0.4 is 11.5 Å². The third kappa shape index (κ3) is 4.54. The highest BCUT2D eigenvalue weighted by Gasteiger charge is 2.23. The molecule has 1 atom stereocenters. The van der Waals surface area contributed by atoms with E-state index in [4.69, 9.17) is 26.0 Å². The average molecular weight is 375 g/mol. The number of carbonyl (C=O) groups excluding carboxylic acids is 1. The zero-order valence-corrected chi connectivity index (χ0v) is 14.6. The zero-order chi connectivity index (χ0) is 19.4. The second-order valence-electron chi connectivity index (χ2n) is 6.14. The van der Waals surface area contributed by atoms with Gasteiger partial charge >= 0.3 is 6.09 Å². The predicted octanol–water partition coefficient (Wildman–Crippen LogP) is 0.449. The molecule has 0 radical (unpaired) electrons. The lowest BCUT2D eigenvalue weighted by Crippen LogP contribution is -2.46. The molecule has 1 saturated heterocycles. The van der Waals surface area contributed by atoms with Gasteiger partial charge in [0.2, 0.25) is 0 Å². The summed E-state index contributed by atoms with van der Waals surface area (Å²) in [6.07, 6.45) is 0.311. The lowest BCUT2D eigenvalue weighted by molar-refractivity contribution is -0.0660. The number of ether oxygens (including phenoxy) is 2. The molecule has 1 fully saturated rings. The smallest absolute Gasteiger partial charge is 0.407 e. The number of hydrogen-bond acceptors (Lipinski definition) is 6. The number of morpholine rings is 1. The largest absolute Gasteiger partial charge is 0.465 e. The summed E-state index contributed by atoms with van der Waals surface area (Å²) < 4.78 is 12.6. The summed E-state index contributed by atoms with van der Waals surface area (Å²) in [5.41, 5.74) is 12.8. The van der Waals surface area contributed by atoms with E-state index in [9.17, 15) is 9.59 Å². The third-order valence-electron chi connectivity index (χ3n) is 4.16. The molecule has 1 aromatic heterocycles. The maximum Gasteiger partial charge on any atom is 0.407 e. The number of primary amides is 1. The number of anilines is 1. The number of benzene rings is 1. The van der Waals surface area contributed by atoms with Crippen molar-refractivity contribution in [2.24, 2.45) is 5.73 Å². The van der Waals surface area contributed by atoms with Crippen LogP contribution in [0.2, 0.25) is 0 Å². The normalized spacial score (nSPS) is 17.0. The Bertz CT molecular complexity index is 820. The highest BCUT2D eigenvalue weighted by molar-refractivity contribution is 5.95. The Kier molecular flexibility index (Phi) is 5.57. The minimum atomic E-state index is -0.947. The highest BCUT2D eigenvalue weighted by Crippen LogP contribution is 2.15. The number of nitrogens with two attached hydrogens (primary N) is 2. The number of rotatable bonds is 6. The molecule has 0 saturated carbocycles. The summed E-state index contributed by atoms with van der Waals surface area (Å²) >= 11 is 0. The molecule has 27 heavy (non-hydrogen) atoms. The van der Waals surface area contributed by atoms with Crippen LogP contribution in [0.5, 0.6) is 0 Å². The Morgan fingerprint density at radius 1 is 1.33 bits per heavy atom. The Morgan fingerprint density at radius 2 is 2.07 bits per heavy atom. The Labute approximate surface area is 155 Å². The van der Waals surface area contributed by atoms with Crippen LogP contribution in [-0.2, 0) is 16.1 Å². The second kappa shape index (κ2) is 8.06. The second-order valence-corrected chi connectivity index (χ2v) is 6.14. The van der Waals surface area contributed by atoms with Gasteiger partial charge < -0.3 is 30.9 Å². The first-order chi connectivity index (χ1) is 12.9. The van der Waals surface area contributed by atoms with E-state index in [1.165, 1.54) is 15.8 Å². The molecule has 1 unspecified atom stereocenters. The van der Waals surface area contributed by atoms with E-state index in [2.05, 4.69) is 5.10 Å². The molecular formula is C17H21N5O5. The van der Waals surface area contributed by atoms with Crippen LogP contribution in [0.1, 0.15) is 16.1 Å². The van der Waals surface area contributed by atoms with Crippen molar-refractivity contribution in [3.05, 3.63) is 41.7 Å². The van der Waals surface area contributed by atoms with Crippen LogP contribution >= 0.6 is 0 Å². The monoisotopic (exact) mass is 375 g/mol. The first-order valence-corrected chi connectivity index (χ1v) is 8.35. The van der Waals surface area contributed by atoms with E-state index in [1.54, 1.807) is 0 Å². The fraction of sp³-hybridized carbons (Fsp3) is 0.353. The van der Waals surface area contributed by atoms with Gasteiger partial charge in [0.25, 0.3) is 5.91 Å². The fourth-order valence-electron chi connectivity index (χ4n) is 2.76. The van der Waals surface area contributed by atoms with Gasteiger partial charge in [-0.3, -0.25) is 4.79 Å². The minimum Gasteiger partial charge on any atom is -0.465 e. The van der Waals surface area contributed by atoms with Gasteiger partial charge in [-0.1, -0.05) is 12.1 Å². The first kappa shape index (κ1) is 18.7. The molecular weight excluding hydrogens is 354 g/mol. The van der Waals surface area contributed by atoms with Crippen LogP contribution in [0.4, 0.5) is 10.5 Å². The third-order valence-corrected chi connectivity index (χ3v) is 4.16. The lowest BCUT2D eigenvalue weighted by atomic mass is 10.2. The molecule has 0 bridgehead atoms. The summed E-state index contributed by atoms with van der Waals surface area (Å²) in [5.74, 6) is -0.678. The Hall–Kier alpha value is -3.11. The van der Waals surface area contributed by atoms with Crippen LogP contribution in [0, 0.1) is 0 Å². The molecule has 2 aromatic rings. The number of carbonyl (C=O) groups is 2. The fourth-order valence-corrected chi connectivity index (χ4v) is 2.76. The number of carboxylic acid groups (broad SMARTS) is 1. The SMILES string of the molecule is NC(=O)c1nn(-c2ccc(COCC3CN(C(=O)O)CCO3)cc2)cc1N. The molecule has 1 aliphatic rings. The van der Waals surface area contributed by atoms with Gasteiger partial charge in [-0.2, -0.15) is 5.10 Å². The van der Waals surface area contributed by atoms with Crippen molar-refractivity contribution in [2.75, 3.05) is 32.0 Å². The number of nitrogen functional groups attached to an aromatic ring is 1. The predicted molar refractivity (Wildman–Crippen MR) is 95.5 cm³/mol.